The largest absolute Gasteiger partial charge is 0.329 e. The third-order valence-electron chi connectivity index (χ3n) is 4.15. The van der Waals surface area contributed by atoms with Crippen molar-refractivity contribution in [3.05, 3.63) is 24.3 Å². The zero-order valence-electron chi connectivity index (χ0n) is 15.7. The zero-order chi connectivity index (χ0) is 20.2. The van der Waals surface area contributed by atoms with Gasteiger partial charge in [-0.3, -0.25) is 19.3 Å². The van der Waals surface area contributed by atoms with Crippen LogP contribution in [0.4, 0.5) is 16.2 Å². The fraction of sp³-hybridized carbons (Fsp3) is 0.444. The Bertz CT molecular complexity index is 723. The molecule has 1 aliphatic rings. The van der Waals surface area contributed by atoms with Gasteiger partial charge in [0.25, 0.3) is 0 Å². The Morgan fingerprint density at radius 2 is 1.70 bits per heavy atom. The minimum absolute atomic E-state index is 0.00190. The Kier molecular flexibility index (Phi) is 6.17. The van der Waals surface area contributed by atoms with Gasteiger partial charge in [-0.15, -0.1) is 0 Å². The number of carbonyl (C=O) groups is 4. The highest BCUT2D eigenvalue weighted by Crippen LogP contribution is 2.20. The molecule has 9 nitrogen and oxygen atoms in total. The molecule has 1 aliphatic heterocycles. The average Bonchev–Trinajstić information content (AvgIpc) is 2.91. The second-order valence-corrected chi connectivity index (χ2v) is 7.41. The summed E-state index contributed by atoms with van der Waals surface area (Å²) >= 11 is 0. The maximum Gasteiger partial charge on any atom is 0.324 e. The number of nitrogens with two attached hydrogens (primary N) is 1. The Morgan fingerprint density at radius 3 is 2.19 bits per heavy atom. The summed E-state index contributed by atoms with van der Waals surface area (Å²) in [5, 5.41) is 7.81. The molecule has 2 rings (SSSR count). The second-order valence-electron chi connectivity index (χ2n) is 7.41. The van der Waals surface area contributed by atoms with Crippen LogP contribution in [0, 0.1) is 5.41 Å². The number of carbonyl (C=O) groups excluding carboxylic acids is 4. The lowest BCUT2D eigenvalue weighted by molar-refractivity contribution is -0.125. The van der Waals surface area contributed by atoms with Crippen LogP contribution in [-0.4, -0.2) is 47.8 Å². The average molecular weight is 375 g/mol. The van der Waals surface area contributed by atoms with E-state index in [-0.39, 0.29) is 42.6 Å². The number of benzene rings is 1. The molecule has 1 aromatic carbocycles. The van der Waals surface area contributed by atoms with Crippen LogP contribution in [0.3, 0.4) is 0 Å². The van der Waals surface area contributed by atoms with Crippen LogP contribution in [-0.2, 0) is 14.4 Å². The van der Waals surface area contributed by atoms with E-state index in [0.717, 1.165) is 4.90 Å². The highest BCUT2D eigenvalue weighted by atomic mass is 16.2. The minimum atomic E-state index is -0.651. The summed E-state index contributed by atoms with van der Waals surface area (Å²) in [5.74, 6) is -0.955. The van der Waals surface area contributed by atoms with E-state index in [2.05, 4.69) is 16.0 Å². The number of nitrogens with zero attached hydrogens (tertiary/aromatic N) is 1. The molecule has 27 heavy (non-hydrogen) atoms. The van der Waals surface area contributed by atoms with E-state index in [1.807, 2.05) is 20.8 Å². The topological polar surface area (TPSA) is 134 Å². The Morgan fingerprint density at radius 1 is 1.15 bits per heavy atom. The summed E-state index contributed by atoms with van der Waals surface area (Å²) in [7, 11) is 0. The van der Waals surface area contributed by atoms with Crippen molar-refractivity contribution in [1.82, 2.24) is 10.2 Å². The predicted octanol–water partition coefficient (Wildman–Crippen LogP) is 0.879. The number of nitrogens with one attached hydrogen (secondary N) is 3. The zero-order valence-corrected chi connectivity index (χ0v) is 15.7. The molecule has 1 fully saturated rings. The van der Waals surface area contributed by atoms with Crippen LogP contribution < -0.4 is 21.7 Å². The summed E-state index contributed by atoms with van der Waals surface area (Å²) in [6.07, 6.45) is -0.00190. The summed E-state index contributed by atoms with van der Waals surface area (Å²) in [6, 6.07) is 5.46. The van der Waals surface area contributed by atoms with Crippen LogP contribution >= 0.6 is 0 Å². The van der Waals surface area contributed by atoms with Gasteiger partial charge < -0.3 is 21.7 Å². The van der Waals surface area contributed by atoms with Crippen molar-refractivity contribution in [3.8, 4) is 0 Å². The van der Waals surface area contributed by atoms with Gasteiger partial charge >= 0.3 is 6.03 Å². The van der Waals surface area contributed by atoms with Gasteiger partial charge in [0.2, 0.25) is 17.7 Å². The first kappa shape index (κ1) is 20.4. The van der Waals surface area contributed by atoms with Crippen molar-refractivity contribution >= 4 is 35.1 Å². The van der Waals surface area contributed by atoms with Gasteiger partial charge in [-0.1, -0.05) is 20.8 Å². The van der Waals surface area contributed by atoms with E-state index in [1.54, 1.807) is 24.3 Å². The summed E-state index contributed by atoms with van der Waals surface area (Å²) in [6.45, 7) is 5.64. The normalized spacial score (nSPS) is 15.3. The maximum absolute atomic E-state index is 12.1. The van der Waals surface area contributed by atoms with Gasteiger partial charge in [-0.2, -0.15) is 0 Å². The fourth-order valence-corrected chi connectivity index (χ4v) is 2.37. The molecule has 0 aliphatic carbocycles. The molecule has 0 bridgehead atoms. The van der Waals surface area contributed by atoms with Crippen LogP contribution in [0.2, 0.25) is 0 Å². The molecule has 9 heteroatoms. The molecule has 1 saturated heterocycles. The summed E-state index contributed by atoms with van der Waals surface area (Å²) < 4.78 is 0. The monoisotopic (exact) mass is 375 g/mol. The molecule has 0 aromatic heterocycles. The molecule has 1 aromatic rings. The van der Waals surface area contributed by atoms with Crippen LogP contribution in [0.25, 0.3) is 0 Å². The van der Waals surface area contributed by atoms with Gasteiger partial charge in [0.15, 0.2) is 0 Å². The van der Waals surface area contributed by atoms with Gasteiger partial charge in [0.05, 0.1) is 12.6 Å². The Hall–Kier alpha value is -2.94. The van der Waals surface area contributed by atoms with Crippen molar-refractivity contribution in [2.45, 2.75) is 33.2 Å². The smallest absolute Gasteiger partial charge is 0.324 e. The van der Waals surface area contributed by atoms with E-state index >= 15 is 0 Å². The van der Waals surface area contributed by atoms with E-state index in [4.69, 9.17) is 5.73 Å². The number of imide groups is 1. The number of hydrogen-bond donors (Lipinski definition) is 4. The molecule has 0 saturated carbocycles. The third-order valence-corrected chi connectivity index (χ3v) is 4.15. The molecule has 146 valence electrons. The van der Waals surface area contributed by atoms with Gasteiger partial charge in [-0.05, 0) is 29.7 Å². The summed E-state index contributed by atoms with van der Waals surface area (Å²) in [4.78, 5) is 48.0. The van der Waals surface area contributed by atoms with Crippen molar-refractivity contribution in [2.24, 2.45) is 11.1 Å². The van der Waals surface area contributed by atoms with Gasteiger partial charge in [0, 0.05) is 24.3 Å². The lowest BCUT2D eigenvalue weighted by Crippen LogP contribution is -2.45. The van der Waals surface area contributed by atoms with Crippen molar-refractivity contribution < 1.29 is 19.2 Å². The van der Waals surface area contributed by atoms with E-state index in [0.29, 0.717) is 11.4 Å². The highest BCUT2D eigenvalue weighted by molar-refractivity contribution is 6.02. The van der Waals surface area contributed by atoms with Crippen LogP contribution in [0.15, 0.2) is 24.3 Å². The maximum atomic E-state index is 12.1. The number of urea groups is 1. The fourth-order valence-electron chi connectivity index (χ4n) is 2.37. The SMILES string of the molecule is CC(C)(C)[C@H](N)C(=O)Nc1ccc(NC(=O)CCN2C(=O)CNC2=O)cc1. The van der Waals surface area contributed by atoms with E-state index in [9.17, 15) is 19.2 Å². The highest BCUT2D eigenvalue weighted by Gasteiger charge is 2.29. The number of rotatable bonds is 6. The quantitative estimate of drug-likeness (QED) is 0.548. The molecule has 0 spiro atoms. The number of anilines is 2. The number of hydrogen-bond acceptors (Lipinski definition) is 5. The van der Waals surface area contributed by atoms with Crippen LogP contribution in [0.5, 0.6) is 0 Å². The van der Waals surface area contributed by atoms with E-state index < -0.39 is 12.1 Å². The Balaban J connectivity index is 1.84. The van der Waals surface area contributed by atoms with Crippen molar-refractivity contribution in [1.29, 1.82) is 0 Å². The Labute approximate surface area is 157 Å². The molecule has 5 N–H and O–H groups in total. The first-order valence-electron chi connectivity index (χ1n) is 8.62. The first-order chi connectivity index (χ1) is 12.6. The predicted molar refractivity (Wildman–Crippen MR) is 101 cm³/mol. The van der Waals surface area contributed by atoms with Crippen molar-refractivity contribution in [2.75, 3.05) is 23.7 Å². The van der Waals surface area contributed by atoms with Crippen LogP contribution in [0.1, 0.15) is 27.2 Å². The molecular weight excluding hydrogens is 350 g/mol. The van der Waals surface area contributed by atoms with E-state index in [1.165, 1.54) is 0 Å². The molecule has 5 amide bonds. The molecule has 1 atom stereocenters. The lowest BCUT2D eigenvalue weighted by atomic mass is 9.87. The lowest BCUT2D eigenvalue weighted by Gasteiger charge is -2.25. The van der Waals surface area contributed by atoms with Crippen molar-refractivity contribution in [3.63, 3.8) is 0 Å². The van der Waals surface area contributed by atoms with Gasteiger partial charge in [0.1, 0.15) is 0 Å². The minimum Gasteiger partial charge on any atom is -0.329 e. The summed E-state index contributed by atoms with van der Waals surface area (Å²) in [5.41, 5.74) is 6.67. The molecular formula is C18H25N5O4. The second kappa shape index (κ2) is 8.17. The third kappa shape index (κ3) is 5.52. The van der Waals surface area contributed by atoms with Gasteiger partial charge in [-0.25, -0.2) is 4.79 Å². The molecule has 0 radical (unpaired) electrons. The number of amides is 5. The standard InChI is InChI=1S/C18H25N5O4/c1-18(2,3)15(19)16(26)22-12-6-4-11(5-7-12)21-13(24)8-9-23-14(25)10-20-17(23)27/h4-7,15H,8-10,19H2,1-3H3,(H,20,27)(H,21,24)(H,22,26)/t15-/m1/s1. The first-order valence-corrected chi connectivity index (χ1v) is 8.62. The molecule has 1 heterocycles. The molecule has 0 unspecified atom stereocenters.